The van der Waals surface area contributed by atoms with Crippen LogP contribution in [0.5, 0.6) is 0 Å². The van der Waals surface area contributed by atoms with E-state index in [1.165, 1.54) is 16.8 Å². The minimum Gasteiger partial charge on any atom is -0.450 e. The minimum absolute atomic E-state index is 0.0423. The first-order chi connectivity index (χ1) is 15.2. The zero-order chi connectivity index (χ0) is 23.0. The van der Waals surface area contributed by atoms with Crippen molar-refractivity contribution < 1.29 is 9.53 Å². The largest absolute Gasteiger partial charge is 0.450 e. The van der Waals surface area contributed by atoms with Crippen LogP contribution in [0.4, 0.5) is 4.79 Å². The van der Waals surface area contributed by atoms with Gasteiger partial charge in [0.2, 0.25) is 0 Å². The van der Waals surface area contributed by atoms with Gasteiger partial charge in [-0.05, 0) is 36.6 Å². The number of aromatic nitrogens is 2. The quantitative estimate of drug-likeness (QED) is 0.653. The average molecular weight is 455 g/mol. The molecule has 0 aliphatic carbocycles. The smallest absolute Gasteiger partial charge is 0.410 e. The van der Waals surface area contributed by atoms with Crippen molar-refractivity contribution in [1.82, 2.24) is 20.0 Å². The lowest BCUT2D eigenvalue weighted by Gasteiger charge is -2.38. The summed E-state index contributed by atoms with van der Waals surface area (Å²) in [5, 5.41) is 8.64. The van der Waals surface area contributed by atoms with Gasteiger partial charge in [-0.25, -0.2) is 9.48 Å². The molecule has 4 rings (SSSR count). The fourth-order valence-electron chi connectivity index (χ4n) is 4.80. The third-order valence-corrected chi connectivity index (χ3v) is 8.44. The molecule has 32 heavy (non-hydrogen) atoms. The molecule has 6 nitrogen and oxygen atoms in total. The SMILES string of the molecule is CC(C)c1ccc(-n2nc3c4c2CCN(C(=O)OCC[Si](C)(C)C)C4C(C)NCC3)cc1. The van der Waals surface area contributed by atoms with Gasteiger partial charge in [-0.3, -0.25) is 4.90 Å². The summed E-state index contributed by atoms with van der Waals surface area (Å²) in [4.78, 5) is 15.0. The van der Waals surface area contributed by atoms with Crippen molar-refractivity contribution in [3.63, 3.8) is 0 Å². The van der Waals surface area contributed by atoms with Crippen molar-refractivity contribution in [1.29, 1.82) is 0 Å². The van der Waals surface area contributed by atoms with E-state index in [9.17, 15) is 4.79 Å². The maximum atomic E-state index is 13.1. The highest BCUT2D eigenvalue weighted by Crippen LogP contribution is 2.38. The monoisotopic (exact) mass is 454 g/mol. The van der Waals surface area contributed by atoms with E-state index in [2.05, 4.69) is 74.7 Å². The molecule has 0 saturated heterocycles. The van der Waals surface area contributed by atoms with Gasteiger partial charge in [0.25, 0.3) is 0 Å². The summed E-state index contributed by atoms with van der Waals surface area (Å²) in [5.74, 6) is 0.508. The summed E-state index contributed by atoms with van der Waals surface area (Å²) < 4.78 is 7.87. The van der Waals surface area contributed by atoms with Crippen LogP contribution in [0, 0.1) is 0 Å². The lowest BCUT2D eigenvalue weighted by Crippen LogP contribution is -2.48. The summed E-state index contributed by atoms with van der Waals surface area (Å²) in [6, 6.07) is 9.85. The van der Waals surface area contributed by atoms with E-state index < -0.39 is 8.07 Å². The van der Waals surface area contributed by atoms with E-state index in [1.54, 1.807) is 0 Å². The Morgan fingerprint density at radius 3 is 2.59 bits per heavy atom. The van der Waals surface area contributed by atoms with Gasteiger partial charge in [-0.15, -0.1) is 0 Å². The molecule has 0 saturated carbocycles. The minimum atomic E-state index is -1.24. The Morgan fingerprint density at radius 1 is 1.22 bits per heavy atom. The van der Waals surface area contributed by atoms with E-state index in [4.69, 9.17) is 9.84 Å². The van der Waals surface area contributed by atoms with Crippen molar-refractivity contribution >= 4 is 14.2 Å². The fourth-order valence-corrected chi connectivity index (χ4v) is 5.51. The number of rotatable bonds is 5. The van der Waals surface area contributed by atoms with Crippen molar-refractivity contribution in [2.24, 2.45) is 0 Å². The molecule has 0 bridgehead atoms. The molecule has 2 aliphatic heterocycles. The number of nitrogens with one attached hydrogen (secondary N) is 1. The Labute approximate surface area is 193 Å². The van der Waals surface area contributed by atoms with Crippen LogP contribution in [0.25, 0.3) is 5.69 Å². The predicted molar refractivity (Wildman–Crippen MR) is 131 cm³/mol. The Morgan fingerprint density at radius 2 is 1.94 bits per heavy atom. The van der Waals surface area contributed by atoms with Crippen LogP contribution in [0.3, 0.4) is 0 Å². The number of hydrogen-bond donors (Lipinski definition) is 1. The second kappa shape index (κ2) is 9.02. The zero-order valence-corrected chi connectivity index (χ0v) is 21.4. The number of carbonyl (C=O) groups is 1. The van der Waals surface area contributed by atoms with Gasteiger partial charge in [0.15, 0.2) is 0 Å². The summed E-state index contributed by atoms with van der Waals surface area (Å²) in [6.45, 7) is 15.6. The van der Waals surface area contributed by atoms with E-state index in [1.807, 2.05) is 4.90 Å². The maximum Gasteiger partial charge on any atom is 0.410 e. The van der Waals surface area contributed by atoms with E-state index in [0.717, 1.165) is 36.8 Å². The molecule has 0 spiro atoms. The first-order valence-corrected chi connectivity index (χ1v) is 15.7. The summed E-state index contributed by atoms with van der Waals surface area (Å²) in [7, 11) is -1.24. The lowest BCUT2D eigenvalue weighted by molar-refractivity contribution is 0.0782. The van der Waals surface area contributed by atoms with Crippen LogP contribution in [0.15, 0.2) is 24.3 Å². The Bertz CT molecular complexity index is 962. The van der Waals surface area contributed by atoms with Gasteiger partial charge in [0.1, 0.15) is 0 Å². The van der Waals surface area contributed by atoms with Gasteiger partial charge < -0.3 is 10.1 Å². The Kier molecular flexibility index (Phi) is 6.50. The molecule has 1 amide bonds. The molecule has 2 aliphatic rings. The van der Waals surface area contributed by atoms with Crippen LogP contribution >= 0.6 is 0 Å². The topological polar surface area (TPSA) is 59.4 Å². The molecule has 2 unspecified atom stereocenters. The standard InChI is InChI=1S/C25H38N4O2Si/c1-17(2)19-7-9-20(10-8-19)29-22-12-14-28(25(30)31-15-16-32(4,5)6)24-18(3)26-13-11-21(27-29)23(22)24/h7-10,17-18,24,26H,11-16H2,1-6H3. The van der Waals surface area contributed by atoms with Crippen LogP contribution < -0.4 is 5.32 Å². The highest BCUT2D eigenvalue weighted by atomic mass is 28.3. The molecule has 0 radical (unpaired) electrons. The number of benzene rings is 1. The van der Waals surface area contributed by atoms with Gasteiger partial charge >= 0.3 is 6.09 Å². The first-order valence-electron chi connectivity index (χ1n) is 12.0. The average Bonchev–Trinajstić information content (AvgIpc) is 3.01. The molecule has 0 fully saturated rings. The molecular formula is C25H38N4O2Si. The highest BCUT2D eigenvalue weighted by molar-refractivity contribution is 6.76. The number of carbonyl (C=O) groups excluding carboxylic acids is 1. The van der Waals surface area contributed by atoms with Crippen molar-refractivity contribution in [3.8, 4) is 5.69 Å². The second-order valence-corrected chi connectivity index (χ2v) is 16.4. The predicted octanol–water partition coefficient (Wildman–Crippen LogP) is 4.90. The molecule has 2 aromatic rings. The maximum absolute atomic E-state index is 13.1. The highest BCUT2D eigenvalue weighted by Gasteiger charge is 2.41. The van der Waals surface area contributed by atoms with Crippen molar-refractivity contribution in [2.45, 2.75) is 77.3 Å². The molecular weight excluding hydrogens is 416 g/mol. The van der Waals surface area contributed by atoms with Gasteiger partial charge in [-0.1, -0.05) is 45.6 Å². The van der Waals surface area contributed by atoms with Crippen molar-refractivity contribution in [2.75, 3.05) is 19.7 Å². The van der Waals surface area contributed by atoms with E-state index in [0.29, 0.717) is 19.1 Å². The number of amides is 1. The summed E-state index contributed by atoms with van der Waals surface area (Å²) in [6.07, 6.45) is 1.48. The molecule has 1 N–H and O–H groups in total. The van der Waals surface area contributed by atoms with E-state index >= 15 is 0 Å². The number of hydrogen-bond acceptors (Lipinski definition) is 4. The van der Waals surface area contributed by atoms with Crippen LogP contribution in [-0.4, -0.2) is 54.6 Å². The third-order valence-electron chi connectivity index (χ3n) is 6.74. The van der Waals surface area contributed by atoms with Gasteiger partial charge in [-0.2, -0.15) is 5.10 Å². The second-order valence-electron chi connectivity index (χ2n) is 10.8. The Hall–Kier alpha value is -2.12. The van der Waals surface area contributed by atoms with Gasteiger partial charge in [0.05, 0.1) is 29.7 Å². The molecule has 3 heterocycles. The third kappa shape index (κ3) is 4.64. The first kappa shape index (κ1) is 23.0. The van der Waals surface area contributed by atoms with Crippen molar-refractivity contribution in [3.05, 3.63) is 46.8 Å². The Balaban J connectivity index is 1.64. The summed E-state index contributed by atoms with van der Waals surface area (Å²) in [5.41, 5.74) is 6.00. The van der Waals surface area contributed by atoms with Crippen LogP contribution in [0.2, 0.25) is 25.7 Å². The summed E-state index contributed by atoms with van der Waals surface area (Å²) >= 11 is 0. The van der Waals surface area contributed by atoms with Crippen LogP contribution in [0.1, 0.15) is 55.2 Å². The fraction of sp³-hybridized carbons (Fsp3) is 0.600. The normalized spacial score (nSPS) is 20.8. The molecule has 174 valence electrons. The number of ether oxygens (including phenoxy) is 1. The zero-order valence-electron chi connectivity index (χ0n) is 20.4. The molecule has 1 aromatic heterocycles. The molecule has 2 atom stereocenters. The molecule has 1 aromatic carbocycles. The van der Waals surface area contributed by atoms with Crippen LogP contribution in [-0.2, 0) is 17.6 Å². The lowest BCUT2D eigenvalue weighted by atomic mass is 9.92. The number of nitrogens with zero attached hydrogens (tertiary/aromatic N) is 3. The van der Waals surface area contributed by atoms with E-state index in [-0.39, 0.29) is 18.2 Å². The molecule has 7 heteroatoms. The van der Waals surface area contributed by atoms with Gasteiger partial charge in [0, 0.05) is 45.6 Å².